The first kappa shape index (κ1) is 15.5. The summed E-state index contributed by atoms with van der Waals surface area (Å²) in [5.74, 6) is 0.0241. The Morgan fingerprint density at radius 2 is 1.65 bits per heavy atom. The molecule has 3 N–H and O–H groups in total. The summed E-state index contributed by atoms with van der Waals surface area (Å²) < 4.78 is 0.989. The second-order valence-corrected chi connectivity index (χ2v) is 8.12. The third kappa shape index (κ3) is 4.06. The van der Waals surface area contributed by atoms with Crippen molar-refractivity contribution in [2.24, 2.45) is 0 Å². The Hall–Kier alpha value is -0.870. The molecule has 0 bridgehead atoms. The van der Waals surface area contributed by atoms with E-state index in [1.165, 1.54) is 0 Å². The lowest BCUT2D eigenvalue weighted by Crippen LogP contribution is -3.06. The number of nitrogens with two attached hydrogens (primary N) is 1. The minimum Gasteiger partial charge on any atom is -0.349 e. The van der Waals surface area contributed by atoms with Crippen molar-refractivity contribution in [2.75, 3.05) is 0 Å². The molecule has 20 heavy (non-hydrogen) atoms. The second kappa shape index (κ2) is 5.49. The number of hydrogen-bond acceptors (Lipinski definition) is 1. The highest BCUT2D eigenvalue weighted by molar-refractivity contribution is 9.10. The minimum absolute atomic E-state index is 0.0241. The lowest BCUT2D eigenvalue weighted by atomic mass is 9.79. The van der Waals surface area contributed by atoms with Crippen LogP contribution >= 0.6 is 15.9 Å². The molecule has 1 aliphatic heterocycles. The maximum atomic E-state index is 12.3. The molecule has 3 nitrogen and oxygen atoms in total. The molecule has 1 aromatic carbocycles. The van der Waals surface area contributed by atoms with Crippen molar-refractivity contribution >= 4 is 21.8 Å². The van der Waals surface area contributed by atoms with Crippen molar-refractivity contribution in [2.45, 2.75) is 57.7 Å². The summed E-state index contributed by atoms with van der Waals surface area (Å²) in [7, 11) is 0. The fourth-order valence-corrected chi connectivity index (χ4v) is 3.75. The van der Waals surface area contributed by atoms with E-state index < -0.39 is 0 Å². The van der Waals surface area contributed by atoms with E-state index in [9.17, 15) is 4.79 Å². The number of piperidine rings is 1. The number of nitrogens with one attached hydrogen (secondary N) is 1. The van der Waals surface area contributed by atoms with Gasteiger partial charge in [-0.15, -0.1) is 0 Å². The Morgan fingerprint density at radius 3 is 2.15 bits per heavy atom. The lowest BCUT2D eigenvalue weighted by molar-refractivity contribution is -0.787. The quantitative estimate of drug-likeness (QED) is 0.854. The molecular formula is C16H24BrN2O+. The standard InChI is InChI=1S/C16H23BrN2O/c1-15(2)9-13(10-16(3,4)19-15)18-14(20)11-5-7-12(17)8-6-11/h5-8,13,19H,9-10H2,1-4H3,(H,18,20)/p+1. The van der Waals surface area contributed by atoms with E-state index >= 15 is 0 Å². The van der Waals surface area contributed by atoms with Crippen molar-refractivity contribution in [3.05, 3.63) is 34.3 Å². The predicted octanol–water partition coefficient (Wildman–Crippen LogP) is 2.46. The van der Waals surface area contributed by atoms with Gasteiger partial charge in [0.1, 0.15) is 0 Å². The van der Waals surface area contributed by atoms with Crippen molar-refractivity contribution < 1.29 is 10.1 Å². The fourth-order valence-electron chi connectivity index (χ4n) is 3.49. The Labute approximate surface area is 129 Å². The number of quaternary nitrogens is 1. The van der Waals surface area contributed by atoms with Gasteiger partial charge in [0.25, 0.3) is 5.91 Å². The normalized spacial score (nSPS) is 21.4. The van der Waals surface area contributed by atoms with Gasteiger partial charge < -0.3 is 10.6 Å². The van der Waals surface area contributed by atoms with Crippen molar-refractivity contribution in [3.63, 3.8) is 0 Å². The molecule has 0 aromatic heterocycles. The van der Waals surface area contributed by atoms with Crippen LogP contribution in [0.5, 0.6) is 0 Å². The topological polar surface area (TPSA) is 45.7 Å². The fraction of sp³-hybridized carbons (Fsp3) is 0.562. The van der Waals surface area contributed by atoms with Crippen LogP contribution < -0.4 is 10.6 Å². The molecule has 0 unspecified atom stereocenters. The maximum Gasteiger partial charge on any atom is 0.251 e. The second-order valence-electron chi connectivity index (χ2n) is 7.21. The van der Waals surface area contributed by atoms with Crippen LogP contribution in [0.15, 0.2) is 28.7 Å². The zero-order valence-corrected chi connectivity index (χ0v) is 14.3. The molecule has 4 heteroatoms. The van der Waals surface area contributed by atoms with Crippen LogP contribution in [-0.2, 0) is 0 Å². The molecule has 0 radical (unpaired) electrons. The number of rotatable bonds is 2. The van der Waals surface area contributed by atoms with Gasteiger partial charge in [0.05, 0.1) is 11.1 Å². The van der Waals surface area contributed by atoms with Crippen LogP contribution in [0.4, 0.5) is 0 Å². The smallest absolute Gasteiger partial charge is 0.251 e. The van der Waals surface area contributed by atoms with Gasteiger partial charge in [0.2, 0.25) is 0 Å². The number of hydrogen-bond donors (Lipinski definition) is 2. The van der Waals surface area contributed by atoms with Gasteiger partial charge in [-0.3, -0.25) is 4.79 Å². The Morgan fingerprint density at radius 1 is 1.15 bits per heavy atom. The third-order valence-electron chi connectivity index (χ3n) is 3.77. The first-order valence-corrected chi connectivity index (χ1v) is 7.90. The summed E-state index contributed by atoms with van der Waals surface area (Å²) >= 11 is 3.39. The zero-order valence-electron chi connectivity index (χ0n) is 12.7. The van der Waals surface area contributed by atoms with E-state index in [2.05, 4.69) is 54.3 Å². The molecule has 0 spiro atoms. The monoisotopic (exact) mass is 339 g/mol. The number of carbonyl (C=O) groups is 1. The summed E-state index contributed by atoms with van der Waals surface area (Å²) in [5.41, 5.74) is 1.05. The van der Waals surface area contributed by atoms with Crippen molar-refractivity contribution in [3.8, 4) is 0 Å². The summed E-state index contributed by atoms with van der Waals surface area (Å²) in [4.78, 5) is 12.3. The maximum absolute atomic E-state index is 12.3. The zero-order chi connectivity index (χ0) is 15.0. The molecular weight excluding hydrogens is 316 g/mol. The molecule has 1 aromatic rings. The molecule has 0 atom stereocenters. The summed E-state index contributed by atoms with van der Waals surface area (Å²) in [6.07, 6.45) is 2.00. The van der Waals surface area contributed by atoms with E-state index in [-0.39, 0.29) is 23.0 Å². The van der Waals surface area contributed by atoms with Gasteiger partial charge in [-0.2, -0.15) is 0 Å². The first-order chi connectivity index (χ1) is 9.17. The van der Waals surface area contributed by atoms with E-state index in [0.29, 0.717) is 0 Å². The van der Waals surface area contributed by atoms with Crippen LogP contribution in [0.1, 0.15) is 50.9 Å². The van der Waals surface area contributed by atoms with Crippen LogP contribution in [0.3, 0.4) is 0 Å². The Bertz CT molecular complexity index is 478. The van der Waals surface area contributed by atoms with Gasteiger partial charge in [0, 0.05) is 28.9 Å². The average molecular weight is 340 g/mol. The SMILES string of the molecule is CC1(C)CC(NC(=O)c2ccc(Br)cc2)CC(C)(C)[NH2+]1. The average Bonchev–Trinajstić information content (AvgIpc) is 2.25. The number of halogens is 1. The summed E-state index contributed by atoms with van der Waals surface area (Å²) in [6, 6.07) is 7.74. The molecule has 2 rings (SSSR count). The van der Waals surface area contributed by atoms with Gasteiger partial charge in [0.15, 0.2) is 0 Å². The van der Waals surface area contributed by atoms with Gasteiger partial charge >= 0.3 is 0 Å². The van der Waals surface area contributed by atoms with E-state index in [1.54, 1.807) is 0 Å². The predicted molar refractivity (Wildman–Crippen MR) is 84.7 cm³/mol. The molecule has 1 fully saturated rings. The molecule has 1 saturated heterocycles. The van der Waals surface area contributed by atoms with Crippen LogP contribution in [0.2, 0.25) is 0 Å². The summed E-state index contributed by atoms with van der Waals surface area (Å²) in [6.45, 7) is 8.97. The van der Waals surface area contributed by atoms with E-state index in [1.807, 2.05) is 24.3 Å². The molecule has 1 aliphatic rings. The van der Waals surface area contributed by atoms with Gasteiger partial charge in [-0.05, 0) is 52.0 Å². The molecule has 110 valence electrons. The molecule has 0 saturated carbocycles. The third-order valence-corrected chi connectivity index (χ3v) is 4.30. The highest BCUT2D eigenvalue weighted by atomic mass is 79.9. The van der Waals surface area contributed by atoms with Crippen LogP contribution in [0.25, 0.3) is 0 Å². The minimum atomic E-state index is 0.0241. The number of benzene rings is 1. The number of carbonyl (C=O) groups excluding carboxylic acids is 1. The molecule has 0 aliphatic carbocycles. The van der Waals surface area contributed by atoms with Crippen LogP contribution in [0, 0.1) is 0 Å². The highest BCUT2D eigenvalue weighted by Gasteiger charge is 2.42. The van der Waals surface area contributed by atoms with Gasteiger partial charge in [-0.25, -0.2) is 0 Å². The molecule has 1 heterocycles. The van der Waals surface area contributed by atoms with Crippen molar-refractivity contribution in [1.29, 1.82) is 0 Å². The van der Waals surface area contributed by atoms with E-state index in [4.69, 9.17) is 0 Å². The summed E-state index contributed by atoms with van der Waals surface area (Å²) in [5, 5.41) is 5.61. The first-order valence-electron chi connectivity index (χ1n) is 7.10. The largest absolute Gasteiger partial charge is 0.349 e. The lowest BCUT2D eigenvalue weighted by Gasteiger charge is -2.43. The van der Waals surface area contributed by atoms with Crippen LogP contribution in [-0.4, -0.2) is 23.0 Å². The molecule has 1 amide bonds. The Kier molecular flexibility index (Phi) is 4.26. The van der Waals surface area contributed by atoms with Gasteiger partial charge in [-0.1, -0.05) is 15.9 Å². The Balaban J connectivity index is 2.05. The number of amides is 1. The van der Waals surface area contributed by atoms with Crippen molar-refractivity contribution in [1.82, 2.24) is 5.32 Å². The highest BCUT2D eigenvalue weighted by Crippen LogP contribution is 2.22. The van der Waals surface area contributed by atoms with E-state index in [0.717, 1.165) is 22.9 Å².